The van der Waals surface area contributed by atoms with Crippen molar-refractivity contribution in [3.05, 3.63) is 12.1 Å². The van der Waals surface area contributed by atoms with E-state index in [4.69, 9.17) is 9.47 Å². The van der Waals surface area contributed by atoms with E-state index in [-0.39, 0.29) is 11.8 Å². The number of rotatable bonds is 2. The Bertz CT molecular complexity index is 600. The molecule has 1 aromatic rings. The highest BCUT2D eigenvalue weighted by Gasteiger charge is 2.38. The molecular weight excluding hydrogens is 272 g/mol. The summed E-state index contributed by atoms with van der Waals surface area (Å²) in [4.78, 5) is 26.3. The van der Waals surface area contributed by atoms with Crippen LogP contribution in [0.1, 0.15) is 25.7 Å². The Morgan fingerprint density at radius 1 is 1.14 bits per heavy atom. The molecule has 1 saturated heterocycles. The van der Waals surface area contributed by atoms with Gasteiger partial charge in [0.1, 0.15) is 6.04 Å². The summed E-state index contributed by atoms with van der Waals surface area (Å²) in [5.74, 6) is 0.922. The summed E-state index contributed by atoms with van der Waals surface area (Å²) in [6.07, 6.45) is 2.85. The predicted molar refractivity (Wildman–Crippen MR) is 77.9 cm³/mol. The molecule has 6 heteroatoms. The lowest BCUT2D eigenvalue weighted by Crippen LogP contribution is -2.50. The van der Waals surface area contributed by atoms with Crippen LogP contribution in [0.25, 0.3) is 0 Å². The Labute approximate surface area is 123 Å². The minimum Gasteiger partial charge on any atom is -0.493 e. The molecule has 0 saturated carbocycles. The maximum Gasteiger partial charge on any atom is 0.247 e. The van der Waals surface area contributed by atoms with E-state index in [1.165, 1.54) is 7.11 Å². The average molecular weight is 290 g/mol. The highest BCUT2D eigenvalue weighted by molar-refractivity contribution is 6.12. The van der Waals surface area contributed by atoms with Gasteiger partial charge in [-0.1, -0.05) is 6.42 Å². The van der Waals surface area contributed by atoms with E-state index in [1.807, 2.05) is 0 Å². The summed E-state index contributed by atoms with van der Waals surface area (Å²) in [6, 6.07) is 3.02. The molecule has 0 spiro atoms. The van der Waals surface area contributed by atoms with Crippen molar-refractivity contribution >= 4 is 23.2 Å². The molecule has 21 heavy (non-hydrogen) atoms. The summed E-state index contributed by atoms with van der Waals surface area (Å²) in [6.45, 7) is 0. The van der Waals surface area contributed by atoms with Gasteiger partial charge in [-0.3, -0.25) is 14.5 Å². The smallest absolute Gasteiger partial charge is 0.247 e. The van der Waals surface area contributed by atoms with Crippen molar-refractivity contribution in [3.8, 4) is 11.5 Å². The molecule has 1 atom stereocenters. The molecule has 3 rings (SSSR count). The largest absolute Gasteiger partial charge is 0.493 e. The Balaban J connectivity index is 2.13. The second-order valence-electron chi connectivity index (χ2n) is 5.24. The average Bonchev–Trinajstić information content (AvgIpc) is 2.69. The third-order valence-corrected chi connectivity index (χ3v) is 4.02. The lowest BCUT2D eigenvalue weighted by molar-refractivity contribution is -0.123. The van der Waals surface area contributed by atoms with E-state index >= 15 is 0 Å². The molecule has 2 aliphatic rings. The van der Waals surface area contributed by atoms with Crippen LogP contribution in [0.5, 0.6) is 11.5 Å². The maximum absolute atomic E-state index is 12.4. The van der Waals surface area contributed by atoms with E-state index in [2.05, 4.69) is 5.32 Å². The molecular formula is C15H18N2O4. The van der Waals surface area contributed by atoms with Gasteiger partial charge in [-0.15, -0.1) is 0 Å². The van der Waals surface area contributed by atoms with Crippen LogP contribution in [0, 0.1) is 0 Å². The number of carbonyl (C=O) groups excluding carboxylic acids is 2. The number of hydrogen-bond donors (Lipinski definition) is 1. The Kier molecular flexibility index (Phi) is 3.45. The van der Waals surface area contributed by atoms with Crippen LogP contribution < -0.4 is 19.7 Å². The van der Waals surface area contributed by atoms with E-state index in [0.29, 0.717) is 35.7 Å². The van der Waals surface area contributed by atoms with Gasteiger partial charge >= 0.3 is 0 Å². The molecule has 0 aromatic heterocycles. The third-order valence-electron chi connectivity index (χ3n) is 4.02. The van der Waals surface area contributed by atoms with E-state index in [0.717, 1.165) is 12.8 Å². The van der Waals surface area contributed by atoms with Crippen molar-refractivity contribution in [1.82, 2.24) is 0 Å². The quantitative estimate of drug-likeness (QED) is 0.903. The van der Waals surface area contributed by atoms with Crippen LogP contribution in [-0.2, 0) is 9.59 Å². The van der Waals surface area contributed by atoms with Crippen LogP contribution in [0.2, 0.25) is 0 Å². The van der Waals surface area contributed by atoms with Gasteiger partial charge in [0.15, 0.2) is 11.5 Å². The lowest BCUT2D eigenvalue weighted by Gasteiger charge is -2.35. The first-order valence-corrected chi connectivity index (χ1v) is 7.04. The molecule has 1 aromatic carbocycles. The molecule has 1 unspecified atom stereocenters. The number of carbonyl (C=O) groups is 2. The van der Waals surface area contributed by atoms with Crippen LogP contribution in [0.15, 0.2) is 12.1 Å². The summed E-state index contributed by atoms with van der Waals surface area (Å²) in [5.41, 5.74) is 1.27. The van der Waals surface area contributed by atoms with E-state index < -0.39 is 6.04 Å². The topological polar surface area (TPSA) is 67.9 Å². The number of benzene rings is 1. The van der Waals surface area contributed by atoms with Gasteiger partial charge in [-0.2, -0.15) is 0 Å². The van der Waals surface area contributed by atoms with Crippen molar-refractivity contribution in [2.24, 2.45) is 0 Å². The molecule has 2 aliphatic heterocycles. The molecule has 0 radical (unpaired) electrons. The zero-order valence-electron chi connectivity index (χ0n) is 12.1. The number of nitrogens with one attached hydrogen (secondary N) is 1. The minimum absolute atomic E-state index is 0.0131. The molecule has 112 valence electrons. The van der Waals surface area contributed by atoms with Crippen molar-refractivity contribution in [2.45, 2.75) is 31.7 Å². The number of hydrogen-bond acceptors (Lipinski definition) is 4. The Morgan fingerprint density at radius 2 is 1.86 bits per heavy atom. The number of nitrogens with zero attached hydrogens (tertiary/aromatic N) is 1. The fraction of sp³-hybridized carbons (Fsp3) is 0.467. The van der Waals surface area contributed by atoms with E-state index in [9.17, 15) is 9.59 Å². The number of amides is 2. The van der Waals surface area contributed by atoms with Crippen molar-refractivity contribution < 1.29 is 19.1 Å². The van der Waals surface area contributed by atoms with Gasteiger partial charge in [-0.25, -0.2) is 0 Å². The molecule has 2 amide bonds. The number of methoxy groups -OCH3 is 2. The SMILES string of the molecule is COc1cc2c(cc1OC)N1C(=O)CCCCC1C(=O)N2. The molecule has 1 fully saturated rings. The van der Waals surface area contributed by atoms with Gasteiger partial charge in [0.05, 0.1) is 25.6 Å². The first kappa shape index (κ1) is 13.7. The number of fused-ring (bicyclic) bond motifs is 3. The lowest BCUT2D eigenvalue weighted by atomic mass is 10.0. The highest BCUT2D eigenvalue weighted by atomic mass is 16.5. The molecule has 2 heterocycles. The van der Waals surface area contributed by atoms with E-state index in [1.54, 1.807) is 24.1 Å². The Hall–Kier alpha value is -2.24. The maximum atomic E-state index is 12.4. The summed E-state index contributed by atoms with van der Waals surface area (Å²) >= 11 is 0. The molecule has 1 N–H and O–H groups in total. The molecule has 6 nitrogen and oxygen atoms in total. The van der Waals surface area contributed by atoms with Gasteiger partial charge in [0.25, 0.3) is 0 Å². The van der Waals surface area contributed by atoms with Crippen LogP contribution in [0.3, 0.4) is 0 Å². The predicted octanol–water partition coefficient (Wildman–Crippen LogP) is 1.93. The van der Waals surface area contributed by atoms with Gasteiger partial charge in [-0.05, 0) is 12.8 Å². The second kappa shape index (κ2) is 5.27. The van der Waals surface area contributed by atoms with Gasteiger partial charge in [0.2, 0.25) is 11.8 Å². The fourth-order valence-electron chi connectivity index (χ4n) is 2.97. The Morgan fingerprint density at radius 3 is 2.57 bits per heavy atom. The first-order valence-electron chi connectivity index (χ1n) is 7.04. The van der Waals surface area contributed by atoms with Gasteiger partial charge in [0, 0.05) is 18.6 Å². The summed E-state index contributed by atoms with van der Waals surface area (Å²) < 4.78 is 10.5. The molecule has 0 bridgehead atoms. The normalized spacial score (nSPS) is 21.0. The summed E-state index contributed by atoms with van der Waals surface area (Å²) in [5, 5.41) is 2.87. The second-order valence-corrected chi connectivity index (χ2v) is 5.24. The van der Waals surface area contributed by atoms with Crippen LogP contribution in [-0.4, -0.2) is 32.1 Å². The van der Waals surface area contributed by atoms with Crippen LogP contribution >= 0.6 is 0 Å². The van der Waals surface area contributed by atoms with Crippen molar-refractivity contribution in [2.75, 3.05) is 24.4 Å². The number of anilines is 2. The standard InChI is InChI=1S/C15H18N2O4/c1-20-12-7-9-11(8-13(12)21-2)17-10(15(19)16-9)5-3-4-6-14(17)18/h7-8,10H,3-6H2,1-2H3,(H,16,19). The van der Waals surface area contributed by atoms with Crippen molar-refractivity contribution in [1.29, 1.82) is 0 Å². The minimum atomic E-state index is -0.425. The zero-order chi connectivity index (χ0) is 15.0. The fourth-order valence-corrected chi connectivity index (χ4v) is 2.97. The first-order chi connectivity index (χ1) is 10.2. The monoisotopic (exact) mass is 290 g/mol. The number of ether oxygens (including phenoxy) is 2. The van der Waals surface area contributed by atoms with Gasteiger partial charge < -0.3 is 14.8 Å². The molecule has 0 aliphatic carbocycles. The highest BCUT2D eigenvalue weighted by Crippen LogP contribution is 2.42. The van der Waals surface area contributed by atoms with Crippen LogP contribution in [0.4, 0.5) is 11.4 Å². The third kappa shape index (κ3) is 2.20. The zero-order valence-corrected chi connectivity index (χ0v) is 12.1. The summed E-state index contributed by atoms with van der Waals surface area (Å²) in [7, 11) is 3.09. The van der Waals surface area contributed by atoms with Crippen molar-refractivity contribution in [3.63, 3.8) is 0 Å².